The van der Waals surface area contributed by atoms with Gasteiger partial charge in [0.05, 0.1) is 12.2 Å². The van der Waals surface area contributed by atoms with Crippen LogP contribution in [0.4, 0.5) is 13.2 Å². The van der Waals surface area contributed by atoms with Gasteiger partial charge in [0.1, 0.15) is 17.5 Å². The van der Waals surface area contributed by atoms with E-state index in [1.54, 1.807) is 34.5 Å². The smallest absolute Gasteiger partial charge is 0.199 e. The average molecular weight is 404 g/mol. The van der Waals surface area contributed by atoms with Crippen LogP contribution in [0.15, 0.2) is 42.5 Å². The van der Waals surface area contributed by atoms with Crippen molar-refractivity contribution in [2.24, 2.45) is 7.05 Å². The van der Waals surface area contributed by atoms with Crippen LogP contribution < -0.4 is 0 Å². The minimum atomic E-state index is -0.597. The Morgan fingerprint density at radius 1 is 1.11 bits per heavy atom. The second-order valence-electron chi connectivity index (χ2n) is 7.00. The quantitative estimate of drug-likeness (QED) is 0.559. The van der Waals surface area contributed by atoms with E-state index >= 15 is 0 Å². The number of halogens is 3. The summed E-state index contributed by atoms with van der Waals surface area (Å²) in [5.41, 5.74) is 0.794. The lowest BCUT2D eigenvalue weighted by Gasteiger charge is -2.22. The van der Waals surface area contributed by atoms with Gasteiger partial charge in [-0.25, -0.2) is 17.9 Å². The average Bonchev–Trinajstić information content (AvgIpc) is 3.47. The van der Waals surface area contributed by atoms with E-state index in [1.165, 1.54) is 18.2 Å². The summed E-state index contributed by atoms with van der Waals surface area (Å²) in [5.74, 6) is -1.10. The van der Waals surface area contributed by atoms with Crippen molar-refractivity contribution < 1.29 is 13.2 Å². The van der Waals surface area contributed by atoms with Crippen LogP contribution in [0.3, 0.4) is 0 Å². The first-order chi connectivity index (χ1) is 13.4. The topological polar surface area (TPSA) is 26.0 Å². The highest BCUT2D eigenvalue weighted by Crippen LogP contribution is 2.30. The third-order valence-corrected chi connectivity index (χ3v) is 5.41. The summed E-state index contributed by atoms with van der Waals surface area (Å²) in [6, 6.07) is 10.3. The fourth-order valence-electron chi connectivity index (χ4n) is 3.23. The summed E-state index contributed by atoms with van der Waals surface area (Å²) in [6.45, 7) is 0.673. The second-order valence-corrected chi connectivity index (χ2v) is 7.36. The largest absolute Gasteiger partial charge is 0.303 e. The van der Waals surface area contributed by atoms with Crippen molar-refractivity contribution in [3.05, 3.63) is 70.3 Å². The Hall–Kier alpha value is -2.45. The standard InChI is InChI=1S/C20H19F3N4S/c1-25-19(16-4-2-3-5-17(16)22)24-27(20(25)28)12-26(15-8-9-15)11-13-6-7-14(21)10-18(13)23/h2-7,10,15H,8-9,11-12H2,1H3. The Bertz CT molecular complexity index is 1070. The van der Waals surface area contributed by atoms with E-state index in [9.17, 15) is 13.2 Å². The first-order valence-corrected chi connectivity index (χ1v) is 9.41. The summed E-state index contributed by atoms with van der Waals surface area (Å²) in [6.07, 6.45) is 2.01. The van der Waals surface area contributed by atoms with Gasteiger partial charge in [0.25, 0.3) is 0 Å². The van der Waals surface area contributed by atoms with Gasteiger partial charge in [0.15, 0.2) is 10.6 Å². The molecule has 146 valence electrons. The highest BCUT2D eigenvalue weighted by Gasteiger charge is 2.30. The highest BCUT2D eigenvalue weighted by atomic mass is 32.1. The van der Waals surface area contributed by atoms with Crippen LogP contribution in [0.25, 0.3) is 11.4 Å². The zero-order chi connectivity index (χ0) is 19.8. The zero-order valence-corrected chi connectivity index (χ0v) is 16.1. The molecular weight excluding hydrogens is 385 g/mol. The normalized spacial score (nSPS) is 14.0. The van der Waals surface area contributed by atoms with Crippen LogP contribution in [-0.4, -0.2) is 25.3 Å². The molecule has 1 aromatic heterocycles. The van der Waals surface area contributed by atoms with Gasteiger partial charge in [-0.2, -0.15) is 5.10 Å². The van der Waals surface area contributed by atoms with Gasteiger partial charge in [-0.15, -0.1) is 0 Å². The van der Waals surface area contributed by atoms with E-state index in [-0.39, 0.29) is 5.82 Å². The fourth-order valence-corrected chi connectivity index (χ4v) is 3.42. The third kappa shape index (κ3) is 3.74. The molecular formula is C20H19F3N4S. The number of hydrogen-bond donors (Lipinski definition) is 0. The van der Waals surface area contributed by atoms with Gasteiger partial charge >= 0.3 is 0 Å². The molecule has 0 radical (unpaired) electrons. The summed E-state index contributed by atoms with van der Waals surface area (Å²) in [4.78, 5) is 2.06. The molecule has 0 spiro atoms. The van der Waals surface area contributed by atoms with Crippen molar-refractivity contribution in [3.63, 3.8) is 0 Å². The predicted octanol–water partition coefficient (Wildman–Crippen LogP) is 4.66. The SMILES string of the molecule is Cn1c(-c2ccccc2F)nn(CN(Cc2ccc(F)cc2F)C2CC2)c1=S. The maximum Gasteiger partial charge on any atom is 0.199 e. The van der Waals surface area contributed by atoms with Crippen molar-refractivity contribution in [3.8, 4) is 11.4 Å². The highest BCUT2D eigenvalue weighted by molar-refractivity contribution is 7.71. The molecule has 0 amide bonds. The van der Waals surface area contributed by atoms with Gasteiger partial charge in [-0.05, 0) is 43.3 Å². The second kappa shape index (κ2) is 7.52. The summed E-state index contributed by atoms with van der Waals surface area (Å²) in [7, 11) is 1.74. The minimum absolute atomic E-state index is 0.297. The Labute approximate surface area is 165 Å². The van der Waals surface area contributed by atoms with E-state index in [4.69, 9.17) is 12.2 Å². The number of benzene rings is 2. The number of hydrogen-bond acceptors (Lipinski definition) is 3. The van der Waals surface area contributed by atoms with E-state index in [1.807, 2.05) is 0 Å². The molecule has 1 heterocycles. The molecule has 0 unspecified atom stereocenters. The van der Waals surface area contributed by atoms with Crippen molar-refractivity contribution in [1.29, 1.82) is 0 Å². The van der Waals surface area contributed by atoms with Gasteiger partial charge in [0.2, 0.25) is 0 Å². The molecule has 2 aromatic carbocycles. The number of aromatic nitrogens is 3. The lowest BCUT2D eigenvalue weighted by Crippen LogP contribution is -2.29. The number of nitrogens with zero attached hydrogens (tertiary/aromatic N) is 4. The minimum Gasteiger partial charge on any atom is -0.303 e. The molecule has 1 saturated carbocycles. The third-order valence-electron chi connectivity index (χ3n) is 4.92. The van der Waals surface area contributed by atoms with E-state index in [0.717, 1.165) is 18.9 Å². The molecule has 1 aliphatic carbocycles. The van der Waals surface area contributed by atoms with Crippen molar-refractivity contribution >= 4 is 12.2 Å². The van der Waals surface area contributed by atoms with E-state index in [2.05, 4.69) is 10.00 Å². The van der Waals surface area contributed by atoms with Crippen LogP contribution in [0.2, 0.25) is 0 Å². The first kappa shape index (κ1) is 18.9. The van der Waals surface area contributed by atoms with Crippen molar-refractivity contribution in [1.82, 2.24) is 19.2 Å². The molecule has 0 atom stereocenters. The van der Waals surface area contributed by atoms with E-state index < -0.39 is 11.6 Å². The molecule has 4 rings (SSSR count). The molecule has 0 saturated heterocycles. The van der Waals surface area contributed by atoms with Gasteiger partial charge < -0.3 is 4.57 Å². The lowest BCUT2D eigenvalue weighted by molar-refractivity contribution is 0.184. The molecule has 3 aromatic rings. The molecule has 0 N–H and O–H groups in total. The maximum atomic E-state index is 14.2. The van der Waals surface area contributed by atoms with Gasteiger partial charge in [0, 0.05) is 31.3 Å². The predicted molar refractivity (Wildman–Crippen MR) is 102 cm³/mol. The van der Waals surface area contributed by atoms with Crippen LogP contribution in [0.5, 0.6) is 0 Å². The lowest BCUT2D eigenvalue weighted by atomic mass is 10.2. The summed E-state index contributed by atoms with van der Waals surface area (Å²) >= 11 is 5.48. The molecule has 4 nitrogen and oxygen atoms in total. The van der Waals surface area contributed by atoms with Gasteiger partial charge in [-0.3, -0.25) is 4.90 Å². The molecule has 0 aliphatic heterocycles. The summed E-state index contributed by atoms with van der Waals surface area (Å²) in [5, 5.41) is 4.51. The van der Waals surface area contributed by atoms with Crippen LogP contribution in [0.1, 0.15) is 18.4 Å². The Kier molecular flexibility index (Phi) is 5.07. The number of rotatable bonds is 6. The van der Waals surface area contributed by atoms with Crippen LogP contribution in [0, 0.1) is 22.2 Å². The van der Waals surface area contributed by atoms with E-state index in [0.29, 0.717) is 41.0 Å². The molecule has 28 heavy (non-hydrogen) atoms. The Balaban J connectivity index is 1.62. The molecule has 1 fully saturated rings. The maximum absolute atomic E-state index is 14.2. The van der Waals surface area contributed by atoms with Crippen molar-refractivity contribution in [2.45, 2.75) is 32.1 Å². The van der Waals surface area contributed by atoms with Gasteiger partial charge in [-0.1, -0.05) is 18.2 Å². The fraction of sp³-hybridized carbons (Fsp3) is 0.300. The first-order valence-electron chi connectivity index (χ1n) is 9.01. The van der Waals surface area contributed by atoms with Crippen LogP contribution in [-0.2, 0) is 20.3 Å². The molecule has 0 bridgehead atoms. The monoisotopic (exact) mass is 404 g/mol. The molecule has 1 aliphatic rings. The Morgan fingerprint density at radius 3 is 2.54 bits per heavy atom. The van der Waals surface area contributed by atoms with Crippen LogP contribution >= 0.6 is 12.2 Å². The summed E-state index contributed by atoms with van der Waals surface area (Å²) < 4.78 is 45.2. The molecule has 8 heteroatoms. The zero-order valence-electron chi connectivity index (χ0n) is 15.3. The van der Waals surface area contributed by atoms with Crippen molar-refractivity contribution in [2.75, 3.05) is 0 Å². The Morgan fingerprint density at radius 2 is 1.86 bits per heavy atom.